The molecule has 30 heavy (non-hydrogen) atoms. The highest BCUT2D eigenvalue weighted by Gasteiger charge is 2.27. The van der Waals surface area contributed by atoms with Crippen LogP contribution in [-0.4, -0.2) is 62.2 Å². The Morgan fingerprint density at radius 2 is 2.07 bits per heavy atom. The van der Waals surface area contributed by atoms with Crippen molar-refractivity contribution in [1.29, 1.82) is 0 Å². The molecule has 0 saturated heterocycles. The Morgan fingerprint density at radius 1 is 1.27 bits per heavy atom. The minimum Gasteiger partial charge on any atom is -0.481 e. The summed E-state index contributed by atoms with van der Waals surface area (Å²) < 4.78 is 42.8. The quantitative estimate of drug-likeness (QED) is 0.622. The smallest absolute Gasteiger partial charge is 0.335 e. The second kappa shape index (κ2) is 9.21. The van der Waals surface area contributed by atoms with Crippen LogP contribution < -0.4 is 19.5 Å². The van der Waals surface area contributed by atoms with Crippen molar-refractivity contribution in [2.45, 2.75) is 11.9 Å². The van der Waals surface area contributed by atoms with Gasteiger partial charge in [0, 0.05) is 6.20 Å². The number of nitrogens with one attached hydrogen (secondary N) is 2. The Kier molecular flexibility index (Phi) is 6.46. The van der Waals surface area contributed by atoms with Gasteiger partial charge in [-0.15, -0.1) is 0 Å². The van der Waals surface area contributed by atoms with E-state index in [9.17, 15) is 13.2 Å². The molecule has 1 aliphatic heterocycles. The fourth-order valence-electron chi connectivity index (χ4n) is 2.28. The number of amides is 2. The van der Waals surface area contributed by atoms with Crippen LogP contribution in [0.2, 0.25) is 0 Å². The molecule has 3 rings (SSSR count). The second-order valence-electron chi connectivity index (χ2n) is 5.50. The van der Waals surface area contributed by atoms with E-state index in [4.69, 9.17) is 19.0 Å². The molecule has 3 heterocycles. The molecule has 160 valence electrons. The summed E-state index contributed by atoms with van der Waals surface area (Å²) in [5, 5.41) is 5.43. The van der Waals surface area contributed by atoms with E-state index in [2.05, 4.69) is 25.4 Å². The molecule has 0 saturated carbocycles. The van der Waals surface area contributed by atoms with Crippen LogP contribution in [0.3, 0.4) is 0 Å². The first-order valence-electron chi connectivity index (χ1n) is 8.60. The molecule has 0 aliphatic carbocycles. The third kappa shape index (κ3) is 5.02. The number of pyridine rings is 1. The van der Waals surface area contributed by atoms with Crippen molar-refractivity contribution >= 4 is 27.9 Å². The molecule has 0 radical (unpaired) electrons. The van der Waals surface area contributed by atoms with Gasteiger partial charge in [-0.25, -0.2) is 14.5 Å². The fraction of sp³-hybridized carbons (Fsp3) is 0.312. The number of carbonyl (C=O) groups is 1. The molecule has 13 nitrogen and oxygen atoms in total. The summed E-state index contributed by atoms with van der Waals surface area (Å²) in [5.41, 5.74) is 0.0359. The summed E-state index contributed by atoms with van der Waals surface area (Å²) in [4.78, 5) is 28.9. The van der Waals surface area contributed by atoms with E-state index in [1.807, 2.05) is 4.72 Å². The lowest BCUT2D eigenvalue weighted by Crippen LogP contribution is -2.36. The molecule has 2 aromatic heterocycles. The van der Waals surface area contributed by atoms with Crippen LogP contribution in [0, 0.1) is 0 Å². The minimum absolute atomic E-state index is 0.0359. The summed E-state index contributed by atoms with van der Waals surface area (Å²) in [6.45, 7) is 2.49. The number of methoxy groups -OCH3 is 1. The molecule has 0 spiro atoms. The molecule has 0 atom stereocenters. The Bertz CT molecular complexity index is 1060. The first kappa shape index (κ1) is 21.0. The van der Waals surface area contributed by atoms with E-state index in [1.54, 1.807) is 6.92 Å². The maximum absolute atomic E-state index is 12.7. The lowest BCUT2D eigenvalue weighted by atomic mass is 10.3. The van der Waals surface area contributed by atoms with Crippen molar-refractivity contribution in [3.63, 3.8) is 0 Å². The lowest BCUT2D eigenvalue weighted by molar-refractivity contribution is 0.0653. The van der Waals surface area contributed by atoms with Crippen LogP contribution in [0.4, 0.5) is 10.7 Å². The number of rotatable bonds is 7. The molecule has 2 N–H and O–H groups in total. The molecule has 14 heteroatoms. The van der Waals surface area contributed by atoms with E-state index in [-0.39, 0.29) is 42.4 Å². The minimum atomic E-state index is -4.40. The summed E-state index contributed by atoms with van der Waals surface area (Å²) >= 11 is 0. The zero-order valence-electron chi connectivity index (χ0n) is 16.0. The van der Waals surface area contributed by atoms with Gasteiger partial charge in [0.25, 0.3) is 15.9 Å². The van der Waals surface area contributed by atoms with Crippen molar-refractivity contribution in [2.75, 3.05) is 32.2 Å². The largest absolute Gasteiger partial charge is 0.481 e. The SMILES string of the molecule is CCOc1cc(OC)nc(NC(=O)NS(=O)(=O)c2ncccc2C2=NOCCO2)n1. The number of anilines is 1. The van der Waals surface area contributed by atoms with Crippen molar-refractivity contribution in [3.05, 3.63) is 30.0 Å². The van der Waals surface area contributed by atoms with Crippen LogP contribution in [0.25, 0.3) is 0 Å². The van der Waals surface area contributed by atoms with Gasteiger partial charge in [0.05, 0.1) is 25.3 Å². The number of aromatic nitrogens is 3. The maximum Gasteiger partial charge on any atom is 0.335 e. The van der Waals surface area contributed by atoms with Crippen molar-refractivity contribution in [1.82, 2.24) is 19.7 Å². The standard InChI is InChI=1S/C16H18N6O7S/c1-3-27-12-9-11(26-2)18-15(19-12)20-16(23)22-30(24,25)14-10(5-4-6-17-14)13-21-29-8-7-28-13/h4-6,9H,3,7-8H2,1-2H3,(H2,18,19,20,22,23). The number of hydrogen-bond acceptors (Lipinski definition) is 11. The number of nitrogens with zero attached hydrogens (tertiary/aromatic N) is 4. The highest BCUT2D eigenvalue weighted by molar-refractivity contribution is 7.90. The number of urea groups is 1. The van der Waals surface area contributed by atoms with Crippen molar-refractivity contribution in [2.24, 2.45) is 5.16 Å². The van der Waals surface area contributed by atoms with Gasteiger partial charge in [0.2, 0.25) is 17.7 Å². The Morgan fingerprint density at radius 3 is 2.77 bits per heavy atom. The maximum atomic E-state index is 12.7. The third-order valence-corrected chi connectivity index (χ3v) is 4.74. The van der Waals surface area contributed by atoms with Gasteiger partial charge in [-0.2, -0.15) is 18.4 Å². The van der Waals surface area contributed by atoms with E-state index < -0.39 is 21.1 Å². The molecule has 1 aliphatic rings. The zero-order chi connectivity index (χ0) is 21.6. The summed E-state index contributed by atoms with van der Waals surface area (Å²) in [7, 11) is -3.03. The van der Waals surface area contributed by atoms with Crippen molar-refractivity contribution < 1.29 is 32.3 Å². The van der Waals surface area contributed by atoms with Crippen LogP contribution in [-0.2, 0) is 19.6 Å². The van der Waals surface area contributed by atoms with Gasteiger partial charge < -0.3 is 19.0 Å². The predicted octanol–water partition coefficient (Wildman–Crippen LogP) is 0.498. The van der Waals surface area contributed by atoms with E-state index >= 15 is 0 Å². The number of oxime groups is 1. The Hall–Kier alpha value is -3.68. The van der Waals surface area contributed by atoms with Gasteiger partial charge in [0.15, 0.2) is 11.6 Å². The van der Waals surface area contributed by atoms with Crippen molar-refractivity contribution in [3.8, 4) is 11.8 Å². The normalized spacial score (nSPS) is 13.3. The van der Waals surface area contributed by atoms with Crippen LogP contribution in [0.1, 0.15) is 12.5 Å². The first-order chi connectivity index (χ1) is 14.4. The van der Waals surface area contributed by atoms with Gasteiger partial charge >= 0.3 is 6.03 Å². The van der Waals surface area contributed by atoms with E-state index in [0.717, 1.165) is 0 Å². The molecular formula is C16H18N6O7S. The fourth-order valence-corrected chi connectivity index (χ4v) is 3.32. The highest BCUT2D eigenvalue weighted by atomic mass is 32.2. The average molecular weight is 438 g/mol. The molecule has 0 fully saturated rings. The van der Waals surface area contributed by atoms with E-state index in [1.165, 1.54) is 31.5 Å². The van der Waals surface area contributed by atoms with Crippen LogP contribution >= 0.6 is 0 Å². The third-order valence-electron chi connectivity index (χ3n) is 3.45. The summed E-state index contributed by atoms with van der Waals surface area (Å²) in [5.74, 6) is -0.0270. The molecule has 0 aromatic carbocycles. The first-order valence-corrected chi connectivity index (χ1v) is 10.1. The second-order valence-corrected chi connectivity index (χ2v) is 7.10. The number of carbonyl (C=O) groups excluding carboxylic acids is 1. The van der Waals surface area contributed by atoms with Crippen LogP contribution in [0.15, 0.2) is 34.6 Å². The monoisotopic (exact) mass is 438 g/mol. The predicted molar refractivity (Wildman–Crippen MR) is 102 cm³/mol. The van der Waals surface area contributed by atoms with E-state index in [0.29, 0.717) is 6.61 Å². The van der Waals surface area contributed by atoms with Crippen LogP contribution in [0.5, 0.6) is 11.8 Å². The Balaban J connectivity index is 1.81. The van der Waals surface area contributed by atoms with Gasteiger partial charge in [-0.1, -0.05) is 0 Å². The molecule has 2 amide bonds. The number of sulfonamides is 1. The average Bonchev–Trinajstić information content (AvgIpc) is 2.74. The Labute approximate surface area is 171 Å². The molecule has 0 bridgehead atoms. The zero-order valence-corrected chi connectivity index (χ0v) is 16.8. The summed E-state index contributed by atoms with van der Waals surface area (Å²) in [6, 6.07) is 3.21. The lowest BCUT2D eigenvalue weighted by Gasteiger charge is -2.15. The molecule has 0 unspecified atom stereocenters. The molecular weight excluding hydrogens is 420 g/mol. The number of hydrogen-bond donors (Lipinski definition) is 2. The molecule has 2 aromatic rings. The topological polar surface area (TPSA) is 163 Å². The van der Waals surface area contributed by atoms with Gasteiger partial charge in [-0.3, -0.25) is 5.32 Å². The number of ether oxygens (including phenoxy) is 3. The highest BCUT2D eigenvalue weighted by Crippen LogP contribution is 2.19. The van der Waals surface area contributed by atoms with Gasteiger partial charge in [-0.05, 0) is 24.2 Å². The van der Waals surface area contributed by atoms with Gasteiger partial charge in [0.1, 0.15) is 6.61 Å². The summed E-state index contributed by atoms with van der Waals surface area (Å²) in [6.07, 6.45) is 1.25.